The number of aromatic nitrogens is 2. The molecule has 12 heteroatoms. The second kappa shape index (κ2) is 10.5. The molecule has 204 valence electrons. The summed E-state index contributed by atoms with van der Waals surface area (Å²) in [5, 5.41) is 0.481. The standard InChI is InChI=1S/C26H33N5O6S/c1-18-15-31(38(3,34)35)10-9-30(18)16-20-14-21-25(37-20)22(17-28(2)26(21)33)19-6-7-27-23(13-19)36-12-11-29-8-4-5-24(29)32/h6-7,13-14,17-18H,4-5,8-12,15-16H2,1-3H3. The Morgan fingerprint density at radius 1 is 1.18 bits per heavy atom. The number of carbonyl (C=O) groups excluding carboxylic acids is 1. The number of furan rings is 1. The molecule has 0 spiro atoms. The lowest BCUT2D eigenvalue weighted by Crippen LogP contribution is -2.52. The van der Waals surface area contributed by atoms with Crippen molar-refractivity contribution in [2.24, 2.45) is 7.05 Å². The van der Waals surface area contributed by atoms with Crippen molar-refractivity contribution in [2.45, 2.75) is 32.4 Å². The number of sulfonamides is 1. The summed E-state index contributed by atoms with van der Waals surface area (Å²) in [6.45, 7) is 5.50. The number of hydrogen-bond acceptors (Lipinski definition) is 8. The minimum Gasteiger partial charge on any atom is -0.476 e. The van der Waals surface area contributed by atoms with Gasteiger partial charge in [0.25, 0.3) is 5.56 Å². The number of nitrogens with zero attached hydrogens (tertiary/aromatic N) is 5. The molecule has 11 nitrogen and oxygen atoms in total. The Morgan fingerprint density at radius 2 is 2.00 bits per heavy atom. The first-order valence-corrected chi connectivity index (χ1v) is 14.6. The normalized spacial score (nSPS) is 19.5. The van der Waals surface area contributed by atoms with Gasteiger partial charge in [0.2, 0.25) is 21.8 Å². The zero-order chi connectivity index (χ0) is 27.0. The maximum atomic E-state index is 12.9. The van der Waals surface area contributed by atoms with Crippen LogP contribution in [0.5, 0.6) is 5.88 Å². The third-order valence-corrected chi connectivity index (χ3v) is 8.56. The van der Waals surface area contributed by atoms with Crippen molar-refractivity contribution in [3.05, 3.63) is 46.7 Å². The van der Waals surface area contributed by atoms with Crippen molar-refractivity contribution in [1.82, 2.24) is 23.7 Å². The molecule has 38 heavy (non-hydrogen) atoms. The fourth-order valence-corrected chi connectivity index (χ4v) is 6.04. The van der Waals surface area contributed by atoms with Crippen molar-refractivity contribution in [3.8, 4) is 17.0 Å². The predicted molar refractivity (Wildman–Crippen MR) is 142 cm³/mol. The van der Waals surface area contributed by atoms with Crippen LogP contribution in [0, 0.1) is 0 Å². The highest BCUT2D eigenvalue weighted by atomic mass is 32.2. The molecule has 2 fully saturated rings. The van der Waals surface area contributed by atoms with Crippen LogP contribution in [0.2, 0.25) is 0 Å². The van der Waals surface area contributed by atoms with Gasteiger partial charge in [0.1, 0.15) is 18.0 Å². The van der Waals surface area contributed by atoms with E-state index in [1.54, 1.807) is 36.5 Å². The molecule has 5 heterocycles. The number of piperazine rings is 1. The number of rotatable bonds is 8. The summed E-state index contributed by atoms with van der Waals surface area (Å²) >= 11 is 0. The third-order valence-electron chi connectivity index (χ3n) is 7.29. The summed E-state index contributed by atoms with van der Waals surface area (Å²) in [4.78, 5) is 33.0. The molecule has 5 rings (SSSR count). The van der Waals surface area contributed by atoms with Crippen molar-refractivity contribution in [1.29, 1.82) is 0 Å². The van der Waals surface area contributed by atoms with Gasteiger partial charge in [0, 0.05) is 69.7 Å². The molecule has 3 aromatic heterocycles. The van der Waals surface area contributed by atoms with E-state index in [9.17, 15) is 18.0 Å². The van der Waals surface area contributed by atoms with Crippen LogP contribution < -0.4 is 10.3 Å². The molecule has 2 aliphatic rings. The number of ether oxygens (including phenoxy) is 1. The zero-order valence-electron chi connectivity index (χ0n) is 21.9. The summed E-state index contributed by atoms with van der Waals surface area (Å²) in [7, 11) is -1.53. The molecule has 0 N–H and O–H groups in total. The van der Waals surface area contributed by atoms with Crippen LogP contribution in [0.1, 0.15) is 25.5 Å². The van der Waals surface area contributed by atoms with Gasteiger partial charge in [0.05, 0.1) is 24.7 Å². The molecular formula is C26H33N5O6S. The molecule has 2 aliphatic heterocycles. The van der Waals surface area contributed by atoms with E-state index in [1.807, 2.05) is 13.0 Å². The van der Waals surface area contributed by atoms with Crippen molar-refractivity contribution >= 4 is 26.9 Å². The second-order valence-corrected chi connectivity index (χ2v) is 12.1. The molecule has 0 radical (unpaired) electrons. The van der Waals surface area contributed by atoms with Gasteiger partial charge in [-0.3, -0.25) is 14.5 Å². The molecule has 0 bridgehead atoms. The number of likely N-dealkylation sites (tertiary alicyclic amines) is 1. The van der Waals surface area contributed by atoms with Crippen LogP contribution in [0.4, 0.5) is 0 Å². The Hall–Kier alpha value is -3.22. The van der Waals surface area contributed by atoms with Gasteiger partial charge in [0.15, 0.2) is 0 Å². The molecule has 1 unspecified atom stereocenters. The monoisotopic (exact) mass is 543 g/mol. The molecule has 1 amide bonds. The van der Waals surface area contributed by atoms with Gasteiger partial charge in [-0.1, -0.05) is 0 Å². The van der Waals surface area contributed by atoms with E-state index in [0.29, 0.717) is 68.4 Å². The Bertz CT molecular complexity index is 1510. The lowest BCUT2D eigenvalue weighted by Gasteiger charge is -2.38. The highest BCUT2D eigenvalue weighted by molar-refractivity contribution is 7.88. The van der Waals surface area contributed by atoms with Gasteiger partial charge >= 0.3 is 0 Å². The van der Waals surface area contributed by atoms with E-state index >= 15 is 0 Å². The fraction of sp³-hybridized carbons (Fsp3) is 0.500. The van der Waals surface area contributed by atoms with E-state index in [0.717, 1.165) is 24.1 Å². The summed E-state index contributed by atoms with van der Waals surface area (Å²) < 4.78 is 39.0. The fourth-order valence-electron chi connectivity index (χ4n) is 5.14. The van der Waals surface area contributed by atoms with Crippen molar-refractivity contribution in [2.75, 3.05) is 45.6 Å². The van der Waals surface area contributed by atoms with Gasteiger partial charge in [-0.15, -0.1) is 0 Å². The second-order valence-electron chi connectivity index (χ2n) is 10.1. The lowest BCUT2D eigenvalue weighted by atomic mass is 10.1. The Morgan fingerprint density at radius 3 is 2.71 bits per heavy atom. The van der Waals surface area contributed by atoms with E-state index in [-0.39, 0.29) is 17.5 Å². The van der Waals surface area contributed by atoms with Gasteiger partial charge in [-0.25, -0.2) is 13.4 Å². The van der Waals surface area contributed by atoms with Crippen LogP contribution >= 0.6 is 0 Å². The number of amides is 1. The van der Waals surface area contributed by atoms with Crippen LogP contribution in [0.15, 0.2) is 39.8 Å². The number of hydrogen-bond donors (Lipinski definition) is 0. The molecule has 0 saturated carbocycles. The summed E-state index contributed by atoms with van der Waals surface area (Å²) in [5.41, 5.74) is 1.87. The Kier molecular flexibility index (Phi) is 7.30. The maximum absolute atomic E-state index is 12.9. The van der Waals surface area contributed by atoms with Crippen LogP contribution in [-0.2, 0) is 28.4 Å². The molecule has 0 aliphatic carbocycles. The topological polar surface area (TPSA) is 118 Å². The molecule has 3 aromatic rings. The van der Waals surface area contributed by atoms with Gasteiger partial charge < -0.3 is 18.6 Å². The highest BCUT2D eigenvalue weighted by Gasteiger charge is 2.29. The van der Waals surface area contributed by atoms with E-state index in [4.69, 9.17) is 9.15 Å². The first kappa shape index (κ1) is 26.4. The zero-order valence-corrected chi connectivity index (χ0v) is 22.7. The average molecular weight is 544 g/mol. The number of pyridine rings is 2. The number of aryl methyl sites for hydroxylation is 1. The maximum Gasteiger partial charge on any atom is 0.261 e. The van der Waals surface area contributed by atoms with Crippen molar-refractivity contribution < 1.29 is 22.4 Å². The molecular weight excluding hydrogens is 510 g/mol. The van der Waals surface area contributed by atoms with Crippen LogP contribution in [0.3, 0.4) is 0 Å². The molecule has 2 saturated heterocycles. The minimum atomic E-state index is -3.23. The van der Waals surface area contributed by atoms with Crippen molar-refractivity contribution in [3.63, 3.8) is 0 Å². The quantitative estimate of drug-likeness (QED) is 0.421. The highest BCUT2D eigenvalue weighted by Crippen LogP contribution is 2.31. The number of carbonyl (C=O) groups is 1. The van der Waals surface area contributed by atoms with Gasteiger partial charge in [-0.2, -0.15) is 4.31 Å². The Labute approximate surface area is 221 Å². The predicted octanol–water partition coefficient (Wildman–Crippen LogP) is 1.66. The molecule has 0 aromatic carbocycles. The SMILES string of the molecule is CC1CN(S(C)(=O)=O)CCN1Cc1cc2c(=O)n(C)cc(-c3ccnc(OCCN4CCCC4=O)c3)c2o1. The smallest absolute Gasteiger partial charge is 0.261 e. The van der Waals surface area contributed by atoms with Crippen LogP contribution in [-0.4, -0.2) is 89.6 Å². The third kappa shape index (κ3) is 5.47. The first-order chi connectivity index (χ1) is 18.1. The summed E-state index contributed by atoms with van der Waals surface area (Å²) in [5.74, 6) is 1.23. The van der Waals surface area contributed by atoms with E-state index in [1.165, 1.54) is 15.1 Å². The minimum absolute atomic E-state index is 0.00440. The lowest BCUT2D eigenvalue weighted by molar-refractivity contribution is -0.128. The van der Waals surface area contributed by atoms with E-state index in [2.05, 4.69) is 9.88 Å². The summed E-state index contributed by atoms with van der Waals surface area (Å²) in [6, 6.07) is 5.43. The van der Waals surface area contributed by atoms with E-state index < -0.39 is 10.0 Å². The first-order valence-electron chi connectivity index (χ1n) is 12.8. The average Bonchev–Trinajstić information content (AvgIpc) is 3.48. The Balaban J connectivity index is 1.36. The van der Waals surface area contributed by atoms with Gasteiger partial charge in [-0.05, 0) is 31.0 Å². The molecule has 1 atom stereocenters. The summed E-state index contributed by atoms with van der Waals surface area (Å²) in [6.07, 6.45) is 6.10. The largest absolute Gasteiger partial charge is 0.476 e. The number of fused-ring (bicyclic) bond motifs is 1. The van der Waals surface area contributed by atoms with Crippen LogP contribution in [0.25, 0.3) is 22.1 Å².